The van der Waals surface area contributed by atoms with E-state index in [-0.39, 0.29) is 35.1 Å². The molecule has 0 radical (unpaired) electrons. The second-order valence-corrected chi connectivity index (χ2v) is 8.53. The van der Waals surface area contributed by atoms with Gasteiger partial charge in [-0.15, -0.1) is 0 Å². The van der Waals surface area contributed by atoms with E-state index in [1.165, 1.54) is 12.3 Å². The zero-order valence-electron chi connectivity index (χ0n) is 18.4. The maximum Gasteiger partial charge on any atom is 0.344 e. The summed E-state index contributed by atoms with van der Waals surface area (Å²) >= 11 is 3.41. The first kappa shape index (κ1) is 22.7. The number of hydrogen-bond acceptors (Lipinski definition) is 7. The first-order valence-electron chi connectivity index (χ1n) is 10.7. The van der Waals surface area contributed by atoms with Crippen LogP contribution < -0.4 is 15.7 Å². The smallest absolute Gasteiger partial charge is 0.344 e. The quantitative estimate of drug-likeness (QED) is 0.286. The van der Waals surface area contributed by atoms with Crippen molar-refractivity contribution in [2.24, 2.45) is 0 Å². The van der Waals surface area contributed by atoms with E-state index in [0.29, 0.717) is 16.5 Å². The van der Waals surface area contributed by atoms with Crippen LogP contribution in [0.25, 0.3) is 11.0 Å². The predicted molar refractivity (Wildman–Crippen MR) is 129 cm³/mol. The van der Waals surface area contributed by atoms with Gasteiger partial charge in [-0.3, -0.25) is 10.1 Å². The van der Waals surface area contributed by atoms with Gasteiger partial charge < -0.3 is 18.3 Å². The lowest BCUT2D eigenvalue weighted by molar-refractivity contribution is -0.139. The monoisotopic (exact) mass is 535 g/mol. The number of para-hydroxylation sites is 1. The SMILES string of the molecule is CCOC(=O)C1=C(NC(=O)c2ccco2)Oc2c(c(=O)oc3ccccc23)[C@H]1c1ccc(Br)cc1. The van der Waals surface area contributed by atoms with Gasteiger partial charge >= 0.3 is 11.6 Å². The van der Waals surface area contributed by atoms with E-state index in [1.54, 1.807) is 61.5 Å². The number of halogens is 1. The summed E-state index contributed by atoms with van der Waals surface area (Å²) in [4.78, 5) is 39.3. The van der Waals surface area contributed by atoms with E-state index in [4.69, 9.17) is 18.3 Å². The molecule has 1 aliphatic heterocycles. The first-order chi connectivity index (χ1) is 17.0. The number of amides is 1. The predicted octanol–water partition coefficient (Wildman–Crippen LogP) is 4.88. The molecule has 2 aromatic carbocycles. The molecule has 8 nitrogen and oxygen atoms in total. The Balaban J connectivity index is 1.78. The minimum atomic E-state index is -0.932. The van der Waals surface area contributed by atoms with Crippen LogP contribution >= 0.6 is 15.9 Å². The third-order valence-corrected chi connectivity index (χ3v) is 6.02. The van der Waals surface area contributed by atoms with Gasteiger partial charge in [0.1, 0.15) is 11.2 Å². The number of ether oxygens (including phenoxy) is 2. The van der Waals surface area contributed by atoms with Crippen molar-refractivity contribution in [1.29, 1.82) is 0 Å². The molecule has 0 unspecified atom stereocenters. The number of benzene rings is 2. The normalized spacial score (nSPS) is 14.9. The fourth-order valence-corrected chi connectivity index (χ4v) is 4.26. The number of fused-ring (bicyclic) bond motifs is 3. The van der Waals surface area contributed by atoms with Crippen molar-refractivity contribution in [3.05, 3.63) is 110 Å². The molecule has 0 aliphatic carbocycles. The molecular formula is C26H18BrNO7. The molecule has 0 fully saturated rings. The van der Waals surface area contributed by atoms with Crippen LogP contribution in [0.2, 0.25) is 0 Å². The largest absolute Gasteiger partial charge is 0.462 e. The summed E-state index contributed by atoms with van der Waals surface area (Å²) in [5.74, 6) is -2.24. The summed E-state index contributed by atoms with van der Waals surface area (Å²) in [5, 5.41) is 3.14. The van der Waals surface area contributed by atoms with E-state index < -0.39 is 23.4 Å². The topological polar surface area (TPSA) is 108 Å². The molecule has 1 amide bonds. The lowest BCUT2D eigenvalue weighted by Gasteiger charge is -2.29. The van der Waals surface area contributed by atoms with Gasteiger partial charge in [0.25, 0.3) is 5.91 Å². The fraction of sp³-hybridized carbons (Fsp3) is 0.115. The molecule has 0 spiro atoms. The van der Waals surface area contributed by atoms with Gasteiger partial charge in [-0.1, -0.05) is 40.2 Å². The van der Waals surface area contributed by atoms with Crippen LogP contribution in [0.1, 0.15) is 34.5 Å². The van der Waals surface area contributed by atoms with E-state index >= 15 is 0 Å². The van der Waals surface area contributed by atoms with Crippen molar-refractivity contribution in [3.8, 4) is 5.75 Å². The Morgan fingerprint density at radius 1 is 1.06 bits per heavy atom. The van der Waals surface area contributed by atoms with Crippen LogP contribution in [0.3, 0.4) is 0 Å². The molecule has 9 heteroatoms. The van der Waals surface area contributed by atoms with Gasteiger partial charge in [-0.05, 0) is 48.9 Å². The Bertz CT molecular complexity index is 1520. The lowest BCUT2D eigenvalue weighted by Crippen LogP contribution is -2.35. The summed E-state index contributed by atoms with van der Waals surface area (Å²) in [6.07, 6.45) is 1.36. The van der Waals surface area contributed by atoms with E-state index in [9.17, 15) is 14.4 Å². The fourth-order valence-electron chi connectivity index (χ4n) is 4.00. The number of nitrogens with one attached hydrogen (secondary N) is 1. The van der Waals surface area contributed by atoms with Crippen molar-refractivity contribution in [2.75, 3.05) is 6.61 Å². The molecule has 176 valence electrons. The maximum absolute atomic E-state index is 13.2. The van der Waals surface area contributed by atoms with Gasteiger partial charge in [0.15, 0.2) is 11.5 Å². The van der Waals surface area contributed by atoms with Crippen LogP contribution in [0, 0.1) is 0 Å². The molecule has 2 aromatic heterocycles. The number of carbonyl (C=O) groups excluding carboxylic acids is 2. The highest BCUT2D eigenvalue weighted by Crippen LogP contribution is 2.44. The minimum absolute atomic E-state index is 0.0210. The maximum atomic E-state index is 13.2. The van der Waals surface area contributed by atoms with Crippen LogP contribution in [0.5, 0.6) is 5.75 Å². The minimum Gasteiger partial charge on any atom is -0.462 e. The molecule has 5 rings (SSSR count). The standard InChI is InChI=1S/C26H18BrNO7/c1-2-32-25(30)21-19(14-9-11-15(27)12-10-14)20-22(16-6-3-4-7-17(16)34-26(20)31)35-24(21)28-23(29)18-8-5-13-33-18/h3-13,19H,2H2,1H3,(H,28,29)/t19-/m1/s1. The molecule has 3 heterocycles. The number of rotatable bonds is 5. The molecule has 0 saturated heterocycles. The number of carbonyl (C=O) groups is 2. The summed E-state index contributed by atoms with van der Waals surface area (Å²) in [6, 6.07) is 17.0. The average molecular weight is 536 g/mol. The molecule has 4 aromatic rings. The van der Waals surface area contributed by atoms with Crippen molar-refractivity contribution in [3.63, 3.8) is 0 Å². The lowest BCUT2D eigenvalue weighted by atomic mass is 9.83. The van der Waals surface area contributed by atoms with Crippen molar-refractivity contribution >= 4 is 38.8 Å². The molecule has 1 N–H and O–H groups in total. The first-order valence-corrected chi connectivity index (χ1v) is 11.5. The highest BCUT2D eigenvalue weighted by Gasteiger charge is 2.40. The van der Waals surface area contributed by atoms with Crippen molar-refractivity contribution in [1.82, 2.24) is 5.32 Å². The molecule has 1 aliphatic rings. The highest BCUT2D eigenvalue weighted by atomic mass is 79.9. The summed E-state index contributed by atoms with van der Waals surface area (Å²) in [6.45, 7) is 1.74. The van der Waals surface area contributed by atoms with Gasteiger partial charge in [0.05, 0.1) is 29.7 Å². The molecule has 35 heavy (non-hydrogen) atoms. The summed E-state index contributed by atoms with van der Waals surface area (Å²) in [5.41, 5.74) is 0.342. The van der Waals surface area contributed by atoms with Crippen LogP contribution in [-0.4, -0.2) is 18.5 Å². The number of furan rings is 1. The molecule has 1 atom stereocenters. The Morgan fingerprint density at radius 2 is 1.83 bits per heavy atom. The third-order valence-electron chi connectivity index (χ3n) is 5.50. The van der Waals surface area contributed by atoms with Gasteiger partial charge in [0.2, 0.25) is 5.88 Å². The zero-order chi connectivity index (χ0) is 24.5. The van der Waals surface area contributed by atoms with E-state index in [1.807, 2.05) is 0 Å². The van der Waals surface area contributed by atoms with E-state index in [2.05, 4.69) is 21.2 Å². The Morgan fingerprint density at radius 3 is 2.54 bits per heavy atom. The Hall–Kier alpha value is -4.11. The molecular weight excluding hydrogens is 518 g/mol. The average Bonchev–Trinajstić information content (AvgIpc) is 3.39. The highest BCUT2D eigenvalue weighted by molar-refractivity contribution is 9.10. The summed E-state index contributed by atoms with van der Waals surface area (Å²) < 4.78 is 23.0. The van der Waals surface area contributed by atoms with Gasteiger partial charge in [-0.25, -0.2) is 9.59 Å². The summed E-state index contributed by atoms with van der Waals surface area (Å²) in [7, 11) is 0. The molecule has 0 saturated carbocycles. The van der Waals surface area contributed by atoms with Gasteiger partial charge in [0, 0.05) is 4.47 Å². The Labute approximate surface area is 207 Å². The number of hydrogen-bond donors (Lipinski definition) is 1. The zero-order valence-corrected chi connectivity index (χ0v) is 20.0. The Kier molecular flexibility index (Phi) is 6.00. The number of esters is 1. The van der Waals surface area contributed by atoms with Crippen molar-refractivity contribution < 1.29 is 27.9 Å². The van der Waals surface area contributed by atoms with Crippen molar-refractivity contribution in [2.45, 2.75) is 12.8 Å². The third kappa shape index (κ3) is 4.15. The van der Waals surface area contributed by atoms with Gasteiger partial charge in [-0.2, -0.15) is 0 Å². The van der Waals surface area contributed by atoms with Crippen LogP contribution in [0.4, 0.5) is 0 Å². The van der Waals surface area contributed by atoms with E-state index in [0.717, 1.165) is 4.47 Å². The molecule has 0 bridgehead atoms. The van der Waals surface area contributed by atoms with Crippen LogP contribution in [0.15, 0.2) is 96.5 Å². The second kappa shape index (κ2) is 9.27. The second-order valence-electron chi connectivity index (χ2n) is 7.61. The van der Waals surface area contributed by atoms with Crippen LogP contribution in [-0.2, 0) is 9.53 Å².